The Labute approximate surface area is 137 Å². The Morgan fingerprint density at radius 2 is 2.05 bits per heavy atom. The van der Waals surface area contributed by atoms with Crippen LogP contribution in [-0.2, 0) is 11.2 Å². The SMILES string of the molecule is Cl.NC[C@H]1CCC[C@H]1C(=O)Nc1ccc2c(c1)C(=O)CCC2. The number of carbonyl (C=O) groups is 2. The summed E-state index contributed by atoms with van der Waals surface area (Å²) in [5.41, 5.74) is 8.35. The van der Waals surface area contributed by atoms with Crippen LogP contribution in [0.15, 0.2) is 18.2 Å². The van der Waals surface area contributed by atoms with Crippen molar-refractivity contribution in [1.29, 1.82) is 0 Å². The summed E-state index contributed by atoms with van der Waals surface area (Å²) >= 11 is 0. The molecule has 3 N–H and O–H groups in total. The summed E-state index contributed by atoms with van der Waals surface area (Å²) in [4.78, 5) is 24.3. The number of ketones is 1. The molecule has 120 valence electrons. The third-order valence-corrected chi connectivity index (χ3v) is 4.83. The van der Waals surface area contributed by atoms with Gasteiger partial charge >= 0.3 is 0 Å². The topological polar surface area (TPSA) is 72.2 Å². The van der Waals surface area contributed by atoms with Crippen molar-refractivity contribution in [2.45, 2.75) is 38.5 Å². The molecule has 0 heterocycles. The van der Waals surface area contributed by atoms with E-state index in [1.54, 1.807) is 0 Å². The van der Waals surface area contributed by atoms with Crippen LogP contribution >= 0.6 is 12.4 Å². The Bertz CT molecular complexity index is 574. The van der Waals surface area contributed by atoms with E-state index in [1.807, 2.05) is 18.2 Å². The third-order valence-electron chi connectivity index (χ3n) is 4.83. The van der Waals surface area contributed by atoms with Crippen LogP contribution in [0.4, 0.5) is 5.69 Å². The van der Waals surface area contributed by atoms with Crippen molar-refractivity contribution in [1.82, 2.24) is 0 Å². The van der Waals surface area contributed by atoms with Gasteiger partial charge in [-0.25, -0.2) is 0 Å². The molecule has 0 radical (unpaired) electrons. The van der Waals surface area contributed by atoms with Crippen LogP contribution in [0.25, 0.3) is 0 Å². The third kappa shape index (κ3) is 3.33. The normalized spacial score (nSPS) is 23.6. The maximum absolute atomic E-state index is 12.4. The highest BCUT2D eigenvalue weighted by Crippen LogP contribution is 2.32. The molecule has 2 aliphatic carbocycles. The van der Waals surface area contributed by atoms with E-state index in [2.05, 4.69) is 5.32 Å². The highest BCUT2D eigenvalue weighted by molar-refractivity contribution is 6.00. The van der Waals surface area contributed by atoms with Crippen molar-refractivity contribution in [2.75, 3.05) is 11.9 Å². The quantitative estimate of drug-likeness (QED) is 0.898. The van der Waals surface area contributed by atoms with Crippen LogP contribution in [0.2, 0.25) is 0 Å². The van der Waals surface area contributed by atoms with E-state index in [1.165, 1.54) is 0 Å². The molecule has 0 aromatic heterocycles. The number of hydrogen-bond acceptors (Lipinski definition) is 3. The molecule has 2 aliphatic rings. The first kappa shape index (κ1) is 17.0. The fourth-order valence-electron chi connectivity index (χ4n) is 3.60. The number of nitrogens with one attached hydrogen (secondary N) is 1. The molecular formula is C17H23ClN2O2. The van der Waals surface area contributed by atoms with Crippen molar-refractivity contribution in [2.24, 2.45) is 17.6 Å². The van der Waals surface area contributed by atoms with Crippen LogP contribution in [0.1, 0.15) is 48.0 Å². The van der Waals surface area contributed by atoms with Gasteiger partial charge in [0.2, 0.25) is 5.91 Å². The summed E-state index contributed by atoms with van der Waals surface area (Å²) in [6.45, 7) is 0.570. The second-order valence-electron chi connectivity index (χ2n) is 6.17. The van der Waals surface area contributed by atoms with Gasteiger partial charge in [0, 0.05) is 23.6 Å². The lowest BCUT2D eigenvalue weighted by Crippen LogP contribution is -2.29. The Morgan fingerprint density at radius 1 is 1.23 bits per heavy atom. The lowest BCUT2D eigenvalue weighted by Gasteiger charge is -2.19. The van der Waals surface area contributed by atoms with E-state index in [4.69, 9.17) is 5.73 Å². The Balaban J connectivity index is 0.00000176. The van der Waals surface area contributed by atoms with Crippen LogP contribution in [0, 0.1) is 11.8 Å². The minimum atomic E-state index is 0. The van der Waals surface area contributed by atoms with Gasteiger partial charge in [-0.05, 0) is 55.8 Å². The van der Waals surface area contributed by atoms with Gasteiger partial charge in [0.05, 0.1) is 0 Å². The number of halogens is 1. The molecule has 0 bridgehead atoms. The number of Topliss-reactive ketones (excluding diaryl/α,β-unsaturated/α-hetero) is 1. The average molecular weight is 323 g/mol. The summed E-state index contributed by atoms with van der Waals surface area (Å²) in [5.74, 6) is 0.546. The van der Waals surface area contributed by atoms with Gasteiger partial charge < -0.3 is 11.1 Å². The summed E-state index contributed by atoms with van der Waals surface area (Å²) in [6, 6.07) is 5.71. The molecule has 1 fully saturated rings. The van der Waals surface area contributed by atoms with Gasteiger partial charge in [-0.1, -0.05) is 12.5 Å². The molecule has 22 heavy (non-hydrogen) atoms. The molecule has 0 aliphatic heterocycles. The van der Waals surface area contributed by atoms with E-state index in [-0.39, 0.29) is 30.0 Å². The molecule has 0 saturated heterocycles. The summed E-state index contributed by atoms with van der Waals surface area (Å²) < 4.78 is 0. The van der Waals surface area contributed by atoms with Crippen LogP contribution in [-0.4, -0.2) is 18.2 Å². The van der Waals surface area contributed by atoms with E-state index in [0.717, 1.165) is 48.9 Å². The first-order chi connectivity index (χ1) is 10.2. The van der Waals surface area contributed by atoms with Crippen molar-refractivity contribution < 1.29 is 9.59 Å². The molecule has 4 nitrogen and oxygen atoms in total. The van der Waals surface area contributed by atoms with Gasteiger partial charge in [-0.15, -0.1) is 12.4 Å². The number of benzene rings is 1. The molecule has 1 aromatic rings. The van der Waals surface area contributed by atoms with E-state index in [0.29, 0.717) is 18.9 Å². The zero-order valence-electron chi connectivity index (χ0n) is 12.6. The van der Waals surface area contributed by atoms with Crippen molar-refractivity contribution >= 4 is 29.8 Å². The number of amides is 1. The maximum Gasteiger partial charge on any atom is 0.227 e. The zero-order valence-corrected chi connectivity index (χ0v) is 13.5. The van der Waals surface area contributed by atoms with Gasteiger partial charge in [0.25, 0.3) is 0 Å². The van der Waals surface area contributed by atoms with Gasteiger partial charge in [0.1, 0.15) is 0 Å². The predicted octanol–water partition coefficient (Wildman–Crippen LogP) is 2.94. The molecule has 2 atom stereocenters. The van der Waals surface area contributed by atoms with Gasteiger partial charge in [0.15, 0.2) is 5.78 Å². The molecule has 1 saturated carbocycles. The molecule has 0 unspecified atom stereocenters. The summed E-state index contributed by atoms with van der Waals surface area (Å²) in [5, 5.41) is 2.97. The lowest BCUT2D eigenvalue weighted by atomic mass is 9.90. The molecule has 3 rings (SSSR count). The van der Waals surface area contributed by atoms with Crippen LogP contribution < -0.4 is 11.1 Å². The van der Waals surface area contributed by atoms with Crippen molar-refractivity contribution in [3.63, 3.8) is 0 Å². The number of anilines is 1. The number of rotatable bonds is 3. The molecule has 1 aromatic carbocycles. The smallest absolute Gasteiger partial charge is 0.227 e. The van der Waals surface area contributed by atoms with Crippen molar-refractivity contribution in [3.05, 3.63) is 29.3 Å². The van der Waals surface area contributed by atoms with Gasteiger partial charge in [-0.2, -0.15) is 0 Å². The highest BCUT2D eigenvalue weighted by Gasteiger charge is 2.32. The number of nitrogens with two attached hydrogens (primary N) is 1. The van der Waals surface area contributed by atoms with E-state index >= 15 is 0 Å². The number of carbonyl (C=O) groups excluding carboxylic acids is 2. The Morgan fingerprint density at radius 3 is 2.82 bits per heavy atom. The second kappa shape index (κ2) is 7.25. The van der Waals surface area contributed by atoms with Crippen molar-refractivity contribution in [3.8, 4) is 0 Å². The summed E-state index contributed by atoms with van der Waals surface area (Å²) in [7, 11) is 0. The zero-order chi connectivity index (χ0) is 14.8. The lowest BCUT2D eigenvalue weighted by molar-refractivity contribution is -0.120. The fraction of sp³-hybridized carbons (Fsp3) is 0.529. The maximum atomic E-state index is 12.4. The number of fused-ring (bicyclic) bond motifs is 1. The summed E-state index contributed by atoms with van der Waals surface area (Å²) in [6.07, 6.45) is 5.52. The average Bonchev–Trinajstić information content (AvgIpc) is 2.97. The Kier molecular flexibility index (Phi) is 5.59. The molecular weight excluding hydrogens is 300 g/mol. The minimum Gasteiger partial charge on any atom is -0.330 e. The predicted molar refractivity (Wildman–Crippen MR) is 89.5 cm³/mol. The Hall–Kier alpha value is -1.39. The first-order valence-corrected chi connectivity index (χ1v) is 7.86. The van der Waals surface area contributed by atoms with E-state index in [9.17, 15) is 9.59 Å². The fourth-order valence-corrected chi connectivity index (χ4v) is 3.60. The van der Waals surface area contributed by atoms with E-state index < -0.39 is 0 Å². The van der Waals surface area contributed by atoms with Crippen LogP contribution in [0.3, 0.4) is 0 Å². The minimum absolute atomic E-state index is 0. The van der Waals surface area contributed by atoms with Gasteiger partial charge in [-0.3, -0.25) is 9.59 Å². The largest absolute Gasteiger partial charge is 0.330 e. The molecule has 0 spiro atoms. The standard InChI is InChI=1S/C17H22N2O2.ClH/c18-10-12-4-1-5-14(12)17(21)19-13-8-7-11-3-2-6-16(20)15(11)9-13;/h7-9,12,14H,1-6,10,18H2,(H,19,21);1H/t12-,14-;/m1./s1. The second-order valence-corrected chi connectivity index (χ2v) is 6.17. The number of aryl methyl sites for hydroxylation is 1. The molecule has 5 heteroatoms. The first-order valence-electron chi connectivity index (χ1n) is 7.86. The van der Waals surface area contributed by atoms with Crippen LogP contribution in [0.5, 0.6) is 0 Å². The molecule has 1 amide bonds. The monoisotopic (exact) mass is 322 g/mol. The number of hydrogen-bond donors (Lipinski definition) is 2. The highest BCUT2D eigenvalue weighted by atomic mass is 35.5.